The van der Waals surface area contributed by atoms with Gasteiger partial charge in [-0.1, -0.05) is 34.0 Å². The molecule has 2 aromatic rings. The van der Waals surface area contributed by atoms with Crippen LogP contribution in [-0.4, -0.2) is 40.3 Å². The lowest BCUT2D eigenvalue weighted by Crippen LogP contribution is -2.47. The third-order valence-corrected chi connectivity index (χ3v) is 4.52. The maximum atomic E-state index is 12.2. The van der Waals surface area contributed by atoms with Gasteiger partial charge in [-0.25, -0.2) is 4.63 Å². The Morgan fingerprint density at radius 2 is 2.17 bits per heavy atom. The van der Waals surface area contributed by atoms with Crippen LogP contribution in [0.15, 0.2) is 28.9 Å². The van der Waals surface area contributed by atoms with Crippen LogP contribution in [0.25, 0.3) is 0 Å². The van der Waals surface area contributed by atoms with Crippen LogP contribution >= 0.6 is 11.6 Å². The monoisotopic (exact) mass is 348 g/mol. The van der Waals surface area contributed by atoms with Gasteiger partial charge in [-0.3, -0.25) is 9.69 Å². The first kappa shape index (κ1) is 16.9. The number of nitrogens with zero attached hydrogens (tertiary/aromatic N) is 3. The number of rotatable bonds is 5. The Morgan fingerprint density at radius 1 is 1.38 bits per heavy atom. The summed E-state index contributed by atoms with van der Waals surface area (Å²) in [6.45, 7) is 4.55. The average molecular weight is 349 g/mol. The number of amides is 1. The summed E-state index contributed by atoms with van der Waals surface area (Å²) in [4.78, 5) is 14.5. The van der Waals surface area contributed by atoms with Gasteiger partial charge >= 0.3 is 0 Å². The molecule has 128 valence electrons. The predicted octanol–water partition coefficient (Wildman–Crippen LogP) is 2.35. The van der Waals surface area contributed by atoms with Crippen molar-refractivity contribution in [3.8, 4) is 0 Å². The van der Waals surface area contributed by atoms with Crippen molar-refractivity contribution in [1.29, 1.82) is 0 Å². The van der Waals surface area contributed by atoms with Crippen LogP contribution in [0.4, 0.5) is 0 Å². The van der Waals surface area contributed by atoms with E-state index in [0.29, 0.717) is 11.4 Å². The smallest absolute Gasteiger partial charge is 0.226 e. The van der Waals surface area contributed by atoms with E-state index in [1.54, 1.807) is 6.92 Å². The molecule has 1 N–H and O–H groups in total. The van der Waals surface area contributed by atoms with Crippen molar-refractivity contribution < 1.29 is 9.42 Å². The minimum atomic E-state index is -0.0351. The molecule has 6 nitrogen and oxygen atoms in total. The molecule has 0 saturated carbocycles. The van der Waals surface area contributed by atoms with Crippen LogP contribution in [0.3, 0.4) is 0 Å². The Morgan fingerprint density at radius 3 is 2.88 bits per heavy atom. The van der Waals surface area contributed by atoms with Crippen LogP contribution in [0.5, 0.6) is 0 Å². The molecule has 1 atom stereocenters. The molecular formula is C17H21ClN4O2. The Kier molecular flexibility index (Phi) is 5.48. The van der Waals surface area contributed by atoms with Gasteiger partial charge in [0.05, 0.1) is 6.42 Å². The summed E-state index contributed by atoms with van der Waals surface area (Å²) >= 11 is 5.93. The van der Waals surface area contributed by atoms with Crippen molar-refractivity contribution in [3.05, 3.63) is 46.2 Å². The normalized spacial score (nSPS) is 18.5. The fraction of sp³-hybridized carbons (Fsp3) is 0.471. The van der Waals surface area contributed by atoms with E-state index >= 15 is 0 Å². The standard InChI is InChI=1S/C17H21ClN4O2/c1-12-16(21-24-20-12)9-17(23)19-15-3-2-8-22(11-15)10-13-4-6-14(18)7-5-13/h4-7,15H,2-3,8-11H2,1H3,(H,19,23)/t15-/m0/s1. The highest BCUT2D eigenvalue weighted by Gasteiger charge is 2.22. The number of hydrogen-bond acceptors (Lipinski definition) is 5. The van der Waals surface area contributed by atoms with Crippen molar-refractivity contribution in [2.45, 2.75) is 38.8 Å². The van der Waals surface area contributed by atoms with Crippen molar-refractivity contribution in [3.63, 3.8) is 0 Å². The lowest BCUT2D eigenvalue weighted by molar-refractivity contribution is -0.121. The molecule has 1 aromatic carbocycles. The number of carbonyl (C=O) groups excluding carboxylic acids is 1. The van der Waals surface area contributed by atoms with Crippen molar-refractivity contribution in [2.75, 3.05) is 13.1 Å². The van der Waals surface area contributed by atoms with Gasteiger partial charge in [0.15, 0.2) is 0 Å². The topological polar surface area (TPSA) is 71.3 Å². The second kappa shape index (κ2) is 7.77. The summed E-state index contributed by atoms with van der Waals surface area (Å²) in [5.74, 6) is -0.0351. The van der Waals surface area contributed by atoms with Gasteiger partial charge in [-0.2, -0.15) is 0 Å². The van der Waals surface area contributed by atoms with E-state index in [9.17, 15) is 4.79 Å². The van der Waals surface area contributed by atoms with Crippen molar-refractivity contribution in [1.82, 2.24) is 20.5 Å². The van der Waals surface area contributed by atoms with E-state index in [0.717, 1.165) is 37.5 Å². The van der Waals surface area contributed by atoms with E-state index < -0.39 is 0 Å². The van der Waals surface area contributed by atoms with Crippen LogP contribution in [-0.2, 0) is 17.8 Å². The molecule has 0 aliphatic carbocycles. The molecule has 24 heavy (non-hydrogen) atoms. The summed E-state index contributed by atoms with van der Waals surface area (Å²) in [5, 5.41) is 11.3. The molecule has 2 heterocycles. The quantitative estimate of drug-likeness (QED) is 0.898. The van der Waals surface area contributed by atoms with Crippen molar-refractivity contribution >= 4 is 17.5 Å². The predicted molar refractivity (Wildman–Crippen MR) is 90.6 cm³/mol. The fourth-order valence-corrected chi connectivity index (χ4v) is 3.13. The molecular weight excluding hydrogens is 328 g/mol. The maximum Gasteiger partial charge on any atom is 0.226 e. The molecule has 1 aromatic heterocycles. The Bertz CT molecular complexity index is 686. The second-order valence-corrected chi connectivity index (χ2v) is 6.68. The Hall–Kier alpha value is -1.92. The molecule has 1 aliphatic rings. The van der Waals surface area contributed by atoms with Crippen LogP contribution in [0.1, 0.15) is 29.8 Å². The third-order valence-electron chi connectivity index (χ3n) is 4.26. The highest BCUT2D eigenvalue weighted by Crippen LogP contribution is 2.16. The van der Waals surface area contributed by atoms with E-state index in [-0.39, 0.29) is 18.4 Å². The molecule has 7 heteroatoms. The van der Waals surface area contributed by atoms with Gasteiger partial charge in [0.1, 0.15) is 11.4 Å². The summed E-state index contributed by atoms with van der Waals surface area (Å²) in [7, 11) is 0. The number of aryl methyl sites for hydroxylation is 1. The molecule has 1 fully saturated rings. The number of aromatic nitrogens is 2. The minimum Gasteiger partial charge on any atom is -0.352 e. The van der Waals surface area contributed by atoms with Gasteiger partial charge in [-0.05, 0) is 44.0 Å². The summed E-state index contributed by atoms with van der Waals surface area (Å²) in [6, 6.07) is 8.08. The molecule has 1 aliphatic heterocycles. The van der Waals surface area contributed by atoms with Gasteiger partial charge < -0.3 is 5.32 Å². The zero-order valence-corrected chi connectivity index (χ0v) is 14.4. The van der Waals surface area contributed by atoms with Gasteiger partial charge in [-0.15, -0.1) is 0 Å². The Balaban J connectivity index is 1.50. The van der Waals surface area contributed by atoms with Crippen LogP contribution in [0.2, 0.25) is 5.02 Å². The first-order chi connectivity index (χ1) is 11.6. The van der Waals surface area contributed by atoms with E-state index in [1.807, 2.05) is 24.3 Å². The molecule has 0 spiro atoms. The van der Waals surface area contributed by atoms with E-state index in [4.69, 9.17) is 11.6 Å². The second-order valence-electron chi connectivity index (χ2n) is 6.24. The molecule has 1 amide bonds. The highest BCUT2D eigenvalue weighted by molar-refractivity contribution is 6.30. The minimum absolute atomic E-state index is 0.0351. The SMILES string of the molecule is Cc1nonc1CC(=O)N[C@H]1CCCN(Cc2ccc(Cl)cc2)C1. The zero-order chi connectivity index (χ0) is 16.9. The third kappa shape index (κ3) is 4.55. The number of hydrogen-bond donors (Lipinski definition) is 1. The number of piperidine rings is 1. The number of carbonyl (C=O) groups is 1. The first-order valence-corrected chi connectivity index (χ1v) is 8.52. The fourth-order valence-electron chi connectivity index (χ4n) is 3.01. The summed E-state index contributed by atoms with van der Waals surface area (Å²) in [5.41, 5.74) is 2.50. The Labute approximate surface area is 146 Å². The number of benzene rings is 1. The molecule has 0 unspecified atom stereocenters. The van der Waals surface area contributed by atoms with E-state index in [2.05, 4.69) is 25.2 Å². The van der Waals surface area contributed by atoms with Gasteiger partial charge in [0.2, 0.25) is 5.91 Å². The number of nitrogens with one attached hydrogen (secondary N) is 1. The lowest BCUT2D eigenvalue weighted by Gasteiger charge is -2.33. The van der Waals surface area contributed by atoms with Crippen LogP contribution in [0, 0.1) is 6.92 Å². The van der Waals surface area contributed by atoms with Crippen LogP contribution < -0.4 is 5.32 Å². The summed E-state index contributed by atoms with van der Waals surface area (Å²) in [6.07, 6.45) is 2.28. The molecule has 0 bridgehead atoms. The van der Waals surface area contributed by atoms with E-state index in [1.165, 1.54) is 5.56 Å². The first-order valence-electron chi connectivity index (χ1n) is 8.14. The highest BCUT2D eigenvalue weighted by atomic mass is 35.5. The molecule has 0 radical (unpaired) electrons. The maximum absolute atomic E-state index is 12.2. The zero-order valence-electron chi connectivity index (χ0n) is 13.7. The van der Waals surface area contributed by atoms with Gasteiger partial charge in [0, 0.05) is 24.2 Å². The number of halogens is 1. The number of likely N-dealkylation sites (tertiary alicyclic amines) is 1. The lowest BCUT2D eigenvalue weighted by atomic mass is 10.0. The molecule has 1 saturated heterocycles. The largest absolute Gasteiger partial charge is 0.352 e. The molecule has 3 rings (SSSR count). The summed E-state index contributed by atoms with van der Waals surface area (Å²) < 4.78 is 4.63. The van der Waals surface area contributed by atoms with Gasteiger partial charge in [0.25, 0.3) is 0 Å². The average Bonchev–Trinajstić information content (AvgIpc) is 2.95. The van der Waals surface area contributed by atoms with Crippen molar-refractivity contribution in [2.24, 2.45) is 0 Å².